The van der Waals surface area contributed by atoms with E-state index in [2.05, 4.69) is 20.2 Å². The first-order chi connectivity index (χ1) is 16.8. The average Bonchev–Trinajstić information content (AvgIpc) is 3.25. The highest BCUT2D eigenvalue weighted by atomic mass is 19.1. The molecule has 8 heteroatoms. The molecule has 1 N–H and O–H groups in total. The number of hydrogen-bond acceptors (Lipinski definition) is 5. The summed E-state index contributed by atoms with van der Waals surface area (Å²) < 4.78 is 16.6. The molecule has 4 aromatic rings. The number of nitrogens with one attached hydrogen (secondary N) is 1. The largest absolute Gasteiger partial charge is 0.283 e. The van der Waals surface area contributed by atoms with Gasteiger partial charge in [-0.05, 0) is 81.0 Å². The Hall–Kier alpha value is -4.46. The van der Waals surface area contributed by atoms with E-state index in [9.17, 15) is 4.39 Å². The average molecular weight is 468 g/mol. The molecule has 0 atom stereocenters. The second-order valence-electron chi connectivity index (χ2n) is 8.12. The van der Waals surface area contributed by atoms with Gasteiger partial charge >= 0.3 is 0 Å². The standard InChI is InChI=1S/C27H26FN7/c1-18(19(2)31-20(3)24-7-5-6-15-30-24)14-16-35-26(29)13-12-25(32-35)23-17-34(4)33-27(23)21-8-10-22(28)11-9-21/h5-17,29H,1-4H3/b16-14+,19-18+,29-26?,31-20?. The van der Waals surface area contributed by atoms with Crippen molar-refractivity contribution in [2.45, 2.75) is 20.8 Å². The molecule has 0 aliphatic carbocycles. The predicted octanol–water partition coefficient (Wildman–Crippen LogP) is 5.24. The molecule has 3 aromatic heterocycles. The second kappa shape index (κ2) is 10.2. The molecule has 0 fully saturated rings. The van der Waals surface area contributed by atoms with Crippen molar-refractivity contribution in [1.82, 2.24) is 24.5 Å². The zero-order valence-corrected chi connectivity index (χ0v) is 20.1. The summed E-state index contributed by atoms with van der Waals surface area (Å²) >= 11 is 0. The normalized spacial score (nSPS) is 12.8. The minimum Gasteiger partial charge on any atom is -0.283 e. The molecule has 7 nitrogen and oxygen atoms in total. The highest BCUT2D eigenvalue weighted by Crippen LogP contribution is 2.29. The van der Waals surface area contributed by atoms with Gasteiger partial charge in [-0.3, -0.25) is 20.1 Å². The monoisotopic (exact) mass is 467 g/mol. The highest BCUT2D eigenvalue weighted by molar-refractivity contribution is 5.97. The van der Waals surface area contributed by atoms with Gasteiger partial charge in [-0.2, -0.15) is 10.2 Å². The highest BCUT2D eigenvalue weighted by Gasteiger charge is 2.14. The molecule has 3 heterocycles. The van der Waals surface area contributed by atoms with Crippen LogP contribution in [-0.2, 0) is 7.05 Å². The summed E-state index contributed by atoms with van der Waals surface area (Å²) in [6, 6.07) is 15.4. The van der Waals surface area contributed by atoms with E-state index in [1.54, 1.807) is 41.3 Å². The smallest absolute Gasteiger partial charge is 0.146 e. The van der Waals surface area contributed by atoms with E-state index in [1.807, 2.05) is 58.3 Å². The van der Waals surface area contributed by atoms with Crippen LogP contribution in [0.1, 0.15) is 26.5 Å². The Labute approximate surface area is 203 Å². The lowest BCUT2D eigenvalue weighted by atomic mass is 10.1. The number of pyridine rings is 1. The Bertz CT molecular complexity index is 1490. The molecule has 0 saturated heterocycles. The van der Waals surface area contributed by atoms with Crippen molar-refractivity contribution < 1.29 is 4.39 Å². The van der Waals surface area contributed by atoms with Crippen LogP contribution in [0.4, 0.5) is 4.39 Å². The number of rotatable bonds is 6. The SMILES string of the molecule is CC(=N/C(C)=C(C)/C=C/n1nc(-c2cn(C)nc2-c2ccc(F)cc2)ccc1=N)c1ccccn1. The van der Waals surface area contributed by atoms with Gasteiger partial charge in [0.25, 0.3) is 0 Å². The number of hydrogen-bond donors (Lipinski definition) is 1. The third-order valence-corrected chi connectivity index (χ3v) is 5.49. The minimum atomic E-state index is -0.302. The Kier molecular flexibility index (Phi) is 6.91. The van der Waals surface area contributed by atoms with Gasteiger partial charge in [0.05, 0.1) is 17.1 Å². The minimum absolute atomic E-state index is 0.232. The van der Waals surface area contributed by atoms with Gasteiger partial charge in [-0.1, -0.05) is 6.07 Å². The first-order valence-electron chi connectivity index (χ1n) is 11.1. The molecule has 0 unspecified atom stereocenters. The predicted molar refractivity (Wildman–Crippen MR) is 136 cm³/mol. The molecule has 0 amide bonds. The van der Waals surface area contributed by atoms with Crippen molar-refractivity contribution in [2.24, 2.45) is 12.0 Å². The molecular formula is C27H26FN7. The van der Waals surface area contributed by atoms with Crippen LogP contribution in [0.2, 0.25) is 0 Å². The van der Waals surface area contributed by atoms with Crippen LogP contribution in [0.25, 0.3) is 28.7 Å². The van der Waals surface area contributed by atoms with Crippen LogP contribution in [0.15, 0.2) is 89.3 Å². The molecule has 176 valence electrons. The number of nitrogens with zero attached hydrogens (tertiary/aromatic N) is 6. The van der Waals surface area contributed by atoms with Gasteiger partial charge in [0, 0.05) is 42.5 Å². The first-order valence-corrected chi connectivity index (χ1v) is 11.1. The molecule has 1 aromatic carbocycles. The molecular weight excluding hydrogens is 441 g/mol. The van der Waals surface area contributed by atoms with Crippen LogP contribution in [-0.4, -0.2) is 30.3 Å². The third-order valence-electron chi connectivity index (χ3n) is 5.49. The van der Waals surface area contributed by atoms with Gasteiger partial charge in [-0.25, -0.2) is 9.07 Å². The maximum absolute atomic E-state index is 13.4. The van der Waals surface area contributed by atoms with E-state index >= 15 is 0 Å². The Morgan fingerprint density at radius 2 is 1.77 bits per heavy atom. The number of aromatic nitrogens is 5. The summed E-state index contributed by atoms with van der Waals surface area (Å²) in [6.45, 7) is 5.83. The second-order valence-corrected chi connectivity index (χ2v) is 8.12. The van der Waals surface area contributed by atoms with Crippen molar-refractivity contribution in [2.75, 3.05) is 0 Å². The van der Waals surface area contributed by atoms with Crippen LogP contribution >= 0.6 is 0 Å². The Morgan fingerprint density at radius 1 is 1.00 bits per heavy atom. The number of aliphatic imine (C=N–C) groups is 1. The Morgan fingerprint density at radius 3 is 2.49 bits per heavy atom. The van der Waals surface area contributed by atoms with Crippen molar-refractivity contribution >= 4 is 11.9 Å². The number of halogens is 1. The van der Waals surface area contributed by atoms with Crippen LogP contribution in [0.5, 0.6) is 0 Å². The van der Waals surface area contributed by atoms with Gasteiger partial charge in [0.1, 0.15) is 17.0 Å². The summed E-state index contributed by atoms with van der Waals surface area (Å²) in [5.74, 6) is -0.302. The number of aryl methyl sites for hydroxylation is 1. The fraction of sp³-hybridized carbons (Fsp3) is 0.148. The van der Waals surface area contributed by atoms with Crippen molar-refractivity contribution in [3.63, 3.8) is 0 Å². The summed E-state index contributed by atoms with van der Waals surface area (Å²) in [5.41, 5.74) is 6.60. The fourth-order valence-corrected chi connectivity index (χ4v) is 3.47. The summed E-state index contributed by atoms with van der Waals surface area (Å²) in [7, 11) is 1.83. The van der Waals surface area contributed by atoms with Crippen molar-refractivity contribution in [3.8, 4) is 22.5 Å². The van der Waals surface area contributed by atoms with Crippen molar-refractivity contribution in [1.29, 1.82) is 5.41 Å². The molecule has 0 aliphatic heterocycles. The van der Waals surface area contributed by atoms with E-state index in [1.165, 1.54) is 16.8 Å². The van der Waals surface area contributed by atoms with Gasteiger partial charge in [-0.15, -0.1) is 0 Å². The molecule has 0 aliphatic rings. The van der Waals surface area contributed by atoms with Gasteiger partial charge in [0.15, 0.2) is 0 Å². The molecule has 0 saturated carbocycles. The molecule has 0 spiro atoms. The fourth-order valence-electron chi connectivity index (χ4n) is 3.47. The molecule has 0 radical (unpaired) electrons. The van der Waals surface area contributed by atoms with E-state index in [-0.39, 0.29) is 11.3 Å². The van der Waals surface area contributed by atoms with E-state index in [4.69, 9.17) is 5.41 Å². The number of benzene rings is 1. The quantitative estimate of drug-likeness (QED) is 0.311. The van der Waals surface area contributed by atoms with Crippen molar-refractivity contribution in [3.05, 3.63) is 101 Å². The lowest BCUT2D eigenvalue weighted by molar-refractivity contribution is 0.628. The van der Waals surface area contributed by atoms with E-state index in [0.717, 1.165) is 33.8 Å². The first kappa shape index (κ1) is 23.7. The maximum atomic E-state index is 13.4. The summed E-state index contributed by atoms with van der Waals surface area (Å²) in [6.07, 6.45) is 7.23. The third kappa shape index (κ3) is 5.55. The molecule has 35 heavy (non-hydrogen) atoms. The summed E-state index contributed by atoms with van der Waals surface area (Å²) in [5, 5.41) is 17.5. The maximum Gasteiger partial charge on any atom is 0.146 e. The molecule has 0 bridgehead atoms. The molecule has 4 rings (SSSR count). The lowest BCUT2D eigenvalue weighted by Gasteiger charge is -2.06. The van der Waals surface area contributed by atoms with Gasteiger partial charge < -0.3 is 0 Å². The van der Waals surface area contributed by atoms with E-state index < -0.39 is 0 Å². The Balaban J connectivity index is 1.65. The summed E-state index contributed by atoms with van der Waals surface area (Å²) in [4.78, 5) is 9.00. The van der Waals surface area contributed by atoms with Crippen LogP contribution in [0, 0.1) is 11.2 Å². The topological polar surface area (TPSA) is 84.7 Å². The van der Waals surface area contributed by atoms with Gasteiger partial charge in [0.2, 0.25) is 0 Å². The lowest BCUT2D eigenvalue weighted by Crippen LogP contribution is -2.17. The van der Waals surface area contributed by atoms with E-state index in [0.29, 0.717) is 11.4 Å². The number of allylic oxidation sites excluding steroid dienone is 3. The zero-order valence-electron chi connectivity index (χ0n) is 20.1. The van der Waals surface area contributed by atoms with Crippen LogP contribution in [0.3, 0.4) is 0 Å². The zero-order chi connectivity index (χ0) is 24.9. The van der Waals surface area contributed by atoms with Crippen LogP contribution < -0.4 is 5.49 Å².